The van der Waals surface area contributed by atoms with Crippen molar-refractivity contribution in [3.63, 3.8) is 0 Å². The van der Waals surface area contributed by atoms with Gasteiger partial charge in [-0.1, -0.05) is 12.1 Å². The molecule has 0 amide bonds. The van der Waals surface area contributed by atoms with Crippen LogP contribution in [0.25, 0.3) is 16.7 Å². The Hall–Kier alpha value is -2.58. The molecular weight excluding hydrogens is 312 g/mol. The van der Waals surface area contributed by atoms with Gasteiger partial charge in [-0.25, -0.2) is 0 Å². The monoisotopic (exact) mass is 333 g/mol. The number of aromatic amines is 1. The first-order valence-electron chi connectivity index (χ1n) is 9.11. The van der Waals surface area contributed by atoms with Crippen LogP contribution in [0.4, 0.5) is 5.82 Å². The third kappa shape index (κ3) is 2.14. The number of hydrogen-bond acceptors (Lipinski definition) is 3. The molecule has 3 aromatic rings. The summed E-state index contributed by atoms with van der Waals surface area (Å²) in [5.74, 6) is 1.27. The van der Waals surface area contributed by atoms with Crippen LogP contribution >= 0.6 is 0 Å². The number of nitriles is 1. The molecule has 2 aliphatic rings. The number of anilines is 1. The van der Waals surface area contributed by atoms with Gasteiger partial charge in [-0.15, -0.1) is 0 Å². The first-order valence-corrected chi connectivity index (χ1v) is 9.11. The third-order valence-electron chi connectivity index (χ3n) is 5.53. The van der Waals surface area contributed by atoms with Crippen LogP contribution in [0.2, 0.25) is 0 Å². The van der Waals surface area contributed by atoms with E-state index in [0.29, 0.717) is 0 Å². The van der Waals surface area contributed by atoms with Crippen LogP contribution in [0.5, 0.6) is 0 Å². The Morgan fingerprint density at radius 1 is 1.08 bits per heavy atom. The summed E-state index contributed by atoms with van der Waals surface area (Å²) in [6.07, 6.45) is 4.42. The fourth-order valence-corrected chi connectivity index (χ4v) is 4.41. The van der Waals surface area contributed by atoms with E-state index in [2.05, 4.69) is 38.6 Å². The molecule has 25 heavy (non-hydrogen) atoms. The molecule has 2 aromatic heterocycles. The minimum atomic E-state index is 0.763. The van der Waals surface area contributed by atoms with Gasteiger partial charge in [0, 0.05) is 5.56 Å². The summed E-state index contributed by atoms with van der Waals surface area (Å²) in [5, 5.41) is 9.90. The van der Waals surface area contributed by atoms with Gasteiger partial charge in [-0.3, -0.25) is 9.88 Å². The van der Waals surface area contributed by atoms with Crippen LogP contribution < -0.4 is 9.30 Å². The number of imidazole rings is 1. The lowest BCUT2D eigenvalue weighted by atomic mass is 9.89. The molecule has 0 atom stereocenters. The smallest absolute Gasteiger partial charge is 0.250 e. The van der Waals surface area contributed by atoms with Gasteiger partial charge < -0.3 is 4.74 Å². The van der Waals surface area contributed by atoms with Crippen molar-refractivity contribution in [1.82, 2.24) is 4.98 Å². The van der Waals surface area contributed by atoms with Crippen molar-refractivity contribution in [3.8, 4) is 6.07 Å². The normalized spacial score (nSPS) is 17.6. The van der Waals surface area contributed by atoms with Crippen molar-refractivity contribution in [2.45, 2.75) is 25.7 Å². The molecule has 5 heteroatoms. The van der Waals surface area contributed by atoms with Gasteiger partial charge in [0.05, 0.1) is 26.3 Å². The number of fused-ring (bicyclic) bond motifs is 4. The molecule has 1 fully saturated rings. The van der Waals surface area contributed by atoms with Crippen molar-refractivity contribution in [2.24, 2.45) is 0 Å². The number of morpholine rings is 1. The summed E-state index contributed by atoms with van der Waals surface area (Å²) in [7, 11) is 0. The molecular formula is C20H21N4O+. The maximum Gasteiger partial charge on any atom is 0.250 e. The highest BCUT2D eigenvalue weighted by Crippen LogP contribution is 2.33. The molecule has 1 N–H and O–H groups in total. The highest BCUT2D eigenvalue weighted by Gasteiger charge is 2.32. The lowest BCUT2D eigenvalue weighted by Gasteiger charge is -2.29. The lowest BCUT2D eigenvalue weighted by Crippen LogP contribution is -2.44. The molecule has 0 saturated carbocycles. The SMILES string of the molecule is N#Cc1c2c(c(N3CCOCC3)[n+]3c1[nH]c1ccccc13)CCCC2. The van der Waals surface area contributed by atoms with Crippen LogP contribution in [0, 0.1) is 11.3 Å². The third-order valence-corrected chi connectivity index (χ3v) is 5.53. The predicted molar refractivity (Wildman–Crippen MR) is 95.8 cm³/mol. The summed E-state index contributed by atoms with van der Waals surface area (Å²) in [6.45, 7) is 3.33. The van der Waals surface area contributed by atoms with Crippen LogP contribution in [0.3, 0.4) is 0 Å². The van der Waals surface area contributed by atoms with E-state index in [4.69, 9.17) is 4.74 Å². The van der Waals surface area contributed by atoms with Gasteiger partial charge in [0.1, 0.15) is 22.7 Å². The zero-order chi connectivity index (χ0) is 16.8. The number of nitrogens with one attached hydrogen (secondary N) is 1. The van der Waals surface area contributed by atoms with E-state index in [1.165, 1.54) is 29.8 Å². The van der Waals surface area contributed by atoms with Gasteiger partial charge in [-0.2, -0.15) is 9.66 Å². The summed E-state index contributed by atoms with van der Waals surface area (Å²) >= 11 is 0. The molecule has 0 unspecified atom stereocenters. The Labute approximate surface area is 146 Å². The van der Waals surface area contributed by atoms with E-state index in [1.54, 1.807) is 0 Å². The quantitative estimate of drug-likeness (QED) is 0.696. The zero-order valence-corrected chi connectivity index (χ0v) is 14.2. The van der Waals surface area contributed by atoms with E-state index in [9.17, 15) is 5.26 Å². The summed E-state index contributed by atoms with van der Waals surface area (Å²) in [4.78, 5) is 5.96. The van der Waals surface area contributed by atoms with Crippen molar-refractivity contribution in [3.05, 3.63) is 41.0 Å². The molecule has 0 bridgehead atoms. The molecule has 3 heterocycles. The number of hydrogen-bond donors (Lipinski definition) is 1. The van der Waals surface area contributed by atoms with Crippen molar-refractivity contribution in [1.29, 1.82) is 5.26 Å². The Morgan fingerprint density at radius 3 is 2.64 bits per heavy atom. The minimum Gasteiger partial charge on any atom is -0.375 e. The maximum absolute atomic E-state index is 9.90. The van der Waals surface area contributed by atoms with Crippen molar-refractivity contribution < 1.29 is 9.14 Å². The standard InChI is InChI=1S/C20H20N4O/c21-13-16-14-5-1-2-6-15(14)20(23-9-11-25-12-10-23)24-18-8-4-3-7-17(18)22-19(16)24/h3-4,7-8H,1-2,5-6,9-12H2/p+1. The van der Waals surface area contributed by atoms with Crippen molar-refractivity contribution in [2.75, 3.05) is 31.2 Å². The van der Waals surface area contributed by atoms with Gasteiger partial charge in [0.25, 0.3) is 0 Å². The number of para-hydroxylation sites is 2. The molecule has 0 radical (unpaired) electrons. The predicted octanol–water partition coefficient (Wildman–Crippen LogP) is 2.49. The average Bonchev–Trinajstić information content (AvgIpc) is 3.05. The second-order valence-corrected chi connectivity index (χ2v) is 6.90. The Morgan fingerprint density at radius 2 is 1.84 bits per heavy atom. The molecule has 126 valence electrons. The topological polar surface area (TPSA) is 56.2 Å². The van der Waals surface area contributed by atoms with Crippen LogP contribution in [-0.2, 0) is 17.6 Å². The van der Waals surface area contributed by atoms with E-state index in [-0.39, 0.29) is 0 Å². The van der Waals surface area contributed by atoms with Crippen LogP contribution in [0.15, 0.2) is 24.3 Å². The first-order chi connectivity index (χ1) is 12.4. The number of nitrogens with zero attached hydrogens (tertiary/aromatic N) is 3. The second kappa shape index (κ2) is 5.75. The number of benzene rings is 1. The molecule has 1 aliphatic carbocycles. The first kappa shape index (κ1) is 14.7. The van der Waals surface area contributed by atoms with E-state index < -0.39 is 0 Å². The van der Waals surface area contributed by atoms with E-state index >= 15 is 0 Å². The molecule has 1 aromatic carbocycles. The highest BCUT2D eigenvalue weighted by atomic mass is 16.5. The second-order valence-electron chi connectivity index (χ2n) is 6.90. The maximum atomic E-state index is 9.90. The summed E-state index contributed by atoms with van der Waals surface area (Å²) < 4.78 is 7.86. The van der Waals surface area contributed by atoms with Crippen molar-refractivity contribution >= 4 is 22.5 Å². The number of pyridine rings is 1. The number of H-pyrrole nitrogens is 1. The van der Waals surface area contributed by atoms with Crippen LogP contribution in [0.1, 0.15) is 29.5 Å². The molecule has 1 aliphatic heterocycles. The van der Waals surface area contributed by atoms with E-state index in [1.807, 2.05) is 6.07 Å². The zero-order valence-electron chi connectivity index (χ0n) is 14.2. The minimum absolute atomic E-state index is 0.763. The molecule has 1 saturated heterocycles. The Balaban J connectivity index is 1.93. The van der Waals surface area contributed by atoms with Gasteiger partial charge >= 0.3 is 0 Å². The highest BCUT2D eigenvalue weighted by molar-refractivity contribution is 5.78. The molecule has 5 nitrogen and oxygen atoms in total. The number of ether oxygens (including phenoxy) is 1. The fourth-order valence-electron chi connectivity index (χ4n) is 4.41. The van der Waals surface area contributed by atoms with Crippen LogP contribution in [-0.4, -0.2) is 31.3 Å². The summed E-state index contributed by atoms with van der Waals surface area (Å²) in [5.41, 5.74) is 6.60. The number of aromatic nitrogens is 2. The fraction of sp³-hybridized carbons (Fsp3) is 0.400. The molecule has 0 spiro atoms. The summed E-state index contributed by atoms with van der Waals surface area (Å²) in [6, 6.07) is 10.8. The Kier molecular flexibility index (Phi) is 3.39. The average molecular weight is 333 g/mol. The lowest BCUT2D eigenvalue weighted by molar-refractivity contribution is -0.468. The van der Waals surface area contributed by atoms with Gasteiger partial charge in [-0.05, 0) is 43.4 Å². The molecule has 5 rings (SSSR count). The van der Waals surface area contributed by atoms with Gasteiger partial charge in [0.2, 0.25) is 11.5 Å². The Bertz CT molecular complexity index is 1010. The number of rotatable bonds is 1. The largest absolute Gasteiger partial charge is 0.375 e. The van der Waals surface area contributed by atoms with E-state index in [0.717, 1.165) is 61.4 Å². The van der Waals surface area contributed by atoms with Gasteiger partial charge in [0.15, 0.2) is 0 Å².